The van der Waals surface area contributed by atoms with Crippen molar-refractivity contribution in [1.29, 1.82) is 0 Å². The Balaban J connectivity index is 1.89. The fourth-order valence-corrected chi connectivity index (χ4v) is 3.02. The van der Waals surface area contributed by atoms with E-state index < -0.39 is 0 Å². The van der Waals surface area contributed by atoms with Crippen LogP contribution in [0.3, 0.4) is 0 Å². The molecule has 0 amide bonds. The topological polar surface area (TPSA) is 70.8 Å². The standard InChI is InChI=1S/C16H23N5/c1-3-12-7-4-5-8-13(12)15-18-16(20-19-15)21-10-6-9-14(17)11(21)2/h4-5,7-8,11,14H,3,6,9-10,17H2,1-2H3,(H,18,19,20). The molecule has 1 saturated heterocycles. The summed E-state index contributed by atoms with van der Waals surface area (Å²) in [6.45, 7) is 5.28. The number of aromatic amines is 1. The molecule has 3 N–H and O–H groups in total. The van der Waals surface area contributed by atoms with Crippen LogP contribution in [-0.2, 0) is 6.42 Å². The van der Waals surface area contributed by atoms with Gasteiger partial charge in [0.1, 0.15) is 0 Å². The second kappa shape index (κ2) is 5.85. The van der Waals surface area contributed by atoms with Crippen LogP contribution in [0.2, 0.25) is 0 Å². The second-order valence-electron chi connectivity index (χ2n) is 5.73. The molecular weight excluding hydrogens is 262 g/mol. The Hall–Kier alpha value is -1.88. The van der Waals surface area contributed by atoms with Crippen molar-refractivity contribution in [1.82, 2.24) is 15.2 Å². The summed E-state index contributed by atoms with van der Waals surface area (Å²) in [5.74, 6) is 1.60. The van der Waals surface area contributed by atoms with E-state index in [2.05, 4.69) is 47.1 Å². The Morgan fingerprint density at radius 3 is 3.00 bits per heavy atom. The molecule has 5 heteroatoms. The maximum absolute atomic E-state index is 6.16. The number of nitrogens with one attached hydrogen (secondary N) is 1. The number of nitrogens with two attached hydrogens (primary N) is 1. The van der Waals surface area contributed by atoms with Crippen molar-refractivity contribution >= 4 is 5.95 Å². The molecule has 1 aromatic carbocycles. The molecule has 2 unspecified atom stereocenters. The van der Waals surface area contributed by atoms with E-state index in [4.69, 9.17) is 10.7 Å². The van der Waals surface area contributed by atoms with Crippen LogP contribution in [-0.4, -0.2) is 33.8 Å². The van der Waals surface area contributed by atoms with Gasteiger partial charge in [0.25, 0.3) is 0 Å². The van der Waals surface area contributed by atoms with E-state index in [0.717, 1.165) is 43.1 Å². The van der Waals surface area contributed by atoms with Gasteiger partial charge in [-0.3, -0.25) is 5.10 Å². The fraction of sp³-hybridized carbons (Fsp3) is 0.500. The molecule has 1 aliphatic rings. The lowest BCUT2D eigenvalue weighted by atomic mass is 9.99. The van der Waals surface area contributed by atoms with Crippen LogP contribution in [0.4, 0.5) is 5.95 Å². The first kappa shape index (κ1) is 14.1. The van der Waals surface area contributed by atoms with Crippen LogP contribution >= 0.6 is 0 Å². The van der Waals surface area contributed by atoms with Gasteiger partial charge in [-0.2, -0.15) is 4.98 Å². The molecule has 112 valence electrons. The Kier molecular flexibility index (Phi) is 3.92. The summed E-state index contributed by atoms with van der Waals surface area (Å²) in [6, 6.07) is 8.81. The van der Waals surface area contributed by atoms with Crippen LogP contribution in [0.25, 0.3) is 11.4 Å². The normalized spacial score (nSPS) is 22.5. The predicted octanol–water partition coefficient (Wildman–Crippen LogP) is 2.35. The quantitative estimate of drug-likeness (QED) is 0.908. The minimum Gasteiger partial charge on any atom is -0.335 e. The number of hydrogen-bond acceptors (Lipinski definition) is 4. The first-order valence-electron chi connectivity index (χ1n) is 7.73. The molecule has 1 fully saturated rings. The van der Waals surface area contributed by atoms with Crippen LogP contribution < -0.4 is 10.6 Å². The molecule has 0 aliphatic carbocycles. The van der Waals surface area contributed by atoms with Gasteiger partial charge in [-0.25, -0.2) is 0 Å². The summed E-state index contributed by atoms with van der Waals surface area (Å²) in [5, 5.41) is 7.50. The third-order valence-corrected chi connectivity index (χ3v) is 4.43. The highest BCUT2D eigenvalue weighted by Gasteiger charge is 2.27. The van der Waals surface area contributed by atoms with Crippen molar-refractivity contribution in [2.24, 2.45) is 5.73 Å². The highest BCUT2D eigenvalue weighted by molar-refractivity contribution is 5.61. The van der Waals surface area contributed by atoms with E-state index in [1.54, 1.807) is 0 Å². The molecule has 2 atom stereocenters. The first-order chi connectivity index (χ1) is 10.2. The zero-order valence-electron chi connectivity index (χ0n) is 12.7. The number of aromatic nitrogens is 3. The molecule has 3 rings (SSSR count). The van der Waals surface area contributed by atoms with E-state index >= 15 is 0 Å². The van der Waals surface area contributed by atoms with E-state index in [1.165, 1.54) is 5.56 Å². The number of anilines is 1. The summed E-state index contributed by atoms with van der Waals surface area (Å²) >= 11 is 0. The summed E-state index contributed by atoms with van der Waals surface area (Å²) in [5.41, 5.74) is 8.58. The van der Waals surface area contributed by atoms with Crippen molar-refractivity contribution in [2.45, 2.75) is 45.2 Å². The molecule has 21 heavy (non-hydrogen) atoms. The highest BCUT2D eigenvalue weighted by atomic mass is 15.4. The monoisotopic (exact) mass is 285 g/mol. The maximum atomic E-state index is 6.16. The van der Waals surface area contributed by atoms with Crippen molar-refractivity contribution in [3.05, 3.63) is 29.8 Å². The van der Waals surface area contributed by atoms with E-state index in [0.29, 0.717) is 0 Å². The Morgan fingerprint density at radius 2 is 2.19 bits per heavy atom. The maximum Gasteiger partial charge on any atom is 0.245 e. The van der Waals surface area contributed by atoms with Gasteiger partial charge in [0, 0.05) is 24.2 Å². The van der Waals surface area contributed by atoms with Crippen molar-refractivity contribution < 1.29 is 0 Å². The smallest absolute Gasteiger partial charge is 0.245 e. The zero-order valence-corrected chi connectivity index (χ0v) is 12.7. The molecule has 2 aromatic rings. The molecule has 1 aliphatic heterocycles. The number of aryl methyl sites for hydroxylation is 1. The summed E-state index contributed by atoms with van der Waals surface area (Å²) < 4.78 is 0. The molecule has 5 nitrogen and oxygen atoms in total. The third kappa shape index (κ3) is 2.65. The Bertz CT molecular complexity index is 606. The van der Waals surface area contributed by atoms with Gasteiger partial charge in [0.15, 0.2) is 5.82 Å². The van der Waals surface area contributed by atoms with E-state index in [1.807, 2.05) is 6.07 Å². The lowest BCUT2D eigenvalue weighted by molar-refractivity contribution is 0.416. The van der Waals surface area contributed by atoms with Crippen LogP contribution in [0.1, 0.15) is 32.3 Å². The molecule has 0 radical (unpaired) electrons. The lowest BCUT2D eigenvalue weighted by Gasteiger charge is -2.36. The van der Waals surface area contributed by atoms with Crippen LogP contribution in [0, 0.1) is 0 Å². The first-order valence-corrected chi connectivity index (χ1v) is 7.73. The molecule has 0 spiro atoms. The van der Waals surface area contributed by atoms with Crippen LogP contribution in [0.15, 0.2) is 24.3 Å². The molecular formula is C16H23N5. The average molecular weight is 285 g/mol. The number of nitrogens with zero attached hydrogens (tertiary/aromatic N) is 3. The largest absolute Gasteiger partial charge is 0.335 e. The van der Waals surface area contributed by atoms with Crippen molar-refractivity contribution in [3.8, 4) is 11.4 Å². The lowest BCUT2D eigenvalue weighted by Crippen LogP contribution is -2.50. The molecule has 0 saturated carbocycles. The van der Waals surface area contributed by atoms with Gasteiger partial charge in [0.2, 0.25) is 5.95 Å². The minimum absolute atomic E-state index is 0.198. The minimum atomic E-state index is 0.198. The van der Waals surface area contributed by atoms with Gasteiger partial charge >= 0.3 is 0 Å². The van der Waals surface area contributed by atoms with Gasteiger partial charge in [-0.1, -0.05) is 31.2 Å². The zero-order chi connectivity index (χ0) is 14.8. The number of rotatable bonds is 3. The van der Waals surface area contributed by atoms with Crippen LogP contribution in [0.5, 0.6) is 0 Å². The number of piperidine rings is 1. The molecule has 2 heterocycles. The number of hydrogen-bond donors (Lipinski definition) is 2. The Labute approximate surface area is 125 Å². The van der Waals surface area contributed by atoms with Crippen molar-refractivity contribution in [2.75, 3.05) is 11.4 Å². The van der Waals surface area contributed by atoms with E-state index in [9.17, 15) is 0 Å². The summed E-state index contributed by atoms with van der Waals surface area (Å²) in [7, 11) is 0. The third-order valence-electron chi connectivity index (χ3n) is 4.43. The number of benzene rings is 1. The SMILES string of the molecule is CCc1ccccc1-c1nc(N2CCCC(N)C2C)n[nH]1. The van der Waals surface area contributed by atoms with Crippen molar-refractivity contribution in [3.63, 3.8) is 0 Å². The Morgan fingerprint density at radius 1 is 1.38 bits per heavy atom. The summed E-state index contributed by atoms with van der Waals surface area (Å²) in [6.07, 6.45) is 3.16. The highest BCUT2D eigenvalue weighted by Crippen LogP contribution is 2.25. The van der Waals surface area contributed by atoms with Gasteiger partial charge in [0.05, 0.1) is 0 Å². The van der Waals surface area contributed by atoms with Gasteiger partial charge < -0.3 is 10.6 Å². The fourth-order valence-electron chi connectivity index (χ4n) is 3.02. The van der Waals surface area contributed by atoms with Gasteiger partial charge in [-0.05, 0) is 31.7 Å². The second-order valence-corrected chi connectivity index (χ2v) is 5.73. The summed E-state index contributed by atoms with van der Waals surface area (Å²) in [4.78, 5) is 6.91. The number of H-pyrrole nitrogens is 1. The predicted molar refractivity (Wildman–Crippen MR) is 85.2 cm³/mol. The molecule has 1 aromatic heterocycles. The average Bonchev–Trinajstić information content (AvgIpc) is 2.99. The molecule has 0 bridgehead atoms. The van der Waals surface area contributed by atoms with Gasteiger partial charge in [-0.15, -0.1) is 5.10 Å². The van der Waals surface area contributed by atoms with E-state index in [-0.39, 0.29) is 12.1 Å².